The zero-order chi connectivity index (χ0) is 17.0. The number of rotatable bonds is 6. The molecule has 0 radical (unpaired) electrons. The maximum atomic E-state index is 12.7. The Kier molecular flexibility index (Phi) is 5.79. The zero-order valence-corrected chi connectivity index (χ0v) is 15.5. The van der Waals surface area contributed by atoms with Crippen LogP contribution in [0.4, 0.5) is 0 Å². The number of benzene rings is 2. The average Bonchev–Trinajstić information content (AvgIpc) is 2.47. The Labute approximate surface area is 146 Å². The minimum absolute atomic E-state index is 0.295. The lowest BCUT2D eigenvalue weighted by molar-refractivity contribution is 0.596. The third-order valence-electron chi connectivity index (χ3n) is 2.85. The first-order chi connectivity index (χ1) is 10.8. The molecule has 0 N–H and O–H groups in total. The summed E-state index contributed by atoms with van der Waals surface area (Å²) in [6, 6.07) is 13.8. The summed E-state index contributed by atoms with van der Waals surface area (Å²) < 4.78 is 25.3. The molecule has 120 valence electrons. The molecule has 2 aromatic rings. The van der Waals surface area contributed by atoms with Crippen LogP contribution in [0, 0.1) is 0 Å². The van der Waals surface area contributed by atoms with Crippen LogP contribution in [0.3, 0.4) is 0 Å². The Morgan fingerprint density at radius 1 is 0.739 bits per heavy atom. The molecule has 0 fully saturated rings. The van der Waals surface area contributed by atoms with Gasteiger partial charge in [0.15, 0.2) is 0 Å². The highest BCUT2D eigenvalue weighted by Crippen LogP contribution is 2.30. The fourth-order valence-electron chi connectivity index (χ4n) is 1.91. The van der Waals surface area contributed by atoms with E-state index in [1.165, 1.54) is 23.5 Å². The predicted octanol–water partition coefficient (Wildman–Crippen LogP) is 5.77. The van der Waals surface area contributed by atoms with Crippen molar-refractivity contribution in [3.63, 3.8) is 0 Å². The topological polar surface area (TPSA) is 34.1 Å². The van der Waals surface area contributed by atoms with E-state index in [0.717, 1.165) is 19.6 Å². The number of sulfone groups is 1. The van der Waals surface area contributed by atoms with E-state index in [1.54, 1.807) is 48.5 Å². The molecule has 0 spiro atoms. The van der Waals surface area contributed by atoms with E-state index in [0.29, 0.717) is 9.79 Å². The highest BCUT2D eigenvalue weighted by Gasteiger charge is 2.17. The largest absolute Gasteiger partial charge is 0.219 e. The van der Waals surface area contributed by atoms with Gasteiger partial charge in [0.05, 0.1) is 9.79 Å². The fourth-order valence-corrected chi connectivity index (χ4v) is 4.52. The first-order valence-corrected chi connectivity index (χ1v) is 10.0. The lowest BCUT2D eigenvalue weighted by Gasteiger charge is -2.07. The number of allylic oxidation sites excluding steroid dienone is 2. The maximum Gasteiger partial charge on any atom is 0.206 e. The van der Waals surface area contributed by atoms with Gasteiger partial charge in [-0.15, -0.1) is 0 Å². The molecule has 0 heterocycles. The Morgan fingerprint density at radius 3 is 1.30 bits per heavy atom. The first kappa shape index (κ1) is 17.9. The molecule has 0 aromatic heterocycles. The van der Waals surface area contributed by atoms with Gasteiger partial charge < -0.3 is 0 Å². The Bertz CT molecular complexity index is 752. The summed E-state index contributed by atoms with van der Waals surface area (Å²) in [5.41, 5.74) is 0. The second-order valence-corrected chi connectivity index (χ2v) is 9.75. The number of hydrogen-bond acceptors (Lipinski definition) is 4. The van der Waals surface area contributed by atoms with Crippen molar-refractivity contribution < 1.29 is 8.42 Å². The molecule has 0 atom stereocenters. The summed E-state index contributed by atoms with van der Waals surface area (Å²) in [5.74, 6) is 0. The van der Waals surface area contributed by atoms with Gasteiger partial charge in [-0.2, -0.15) is 0 Å². The Balaban J connectivity index is 2.27. The van der Waals surface area contributed by atoms with Crippen molar-refractivity contribution in [2.45, 2.75) is 33.4 Å². The van der Waals surface area contributed by atoms with Crippen LogP contribution in [0.2, 0.25) is 0 Å². The van der Waals surface area contributed by atoms with E-state index < -0.39 is 9.84 Å². The summed E-state index contributed by atoms with van der Waals surface area (Å²) in [4.78, 5) is 4.47. The summed E-state index contributed by atoms with van der Waals surface area (Å²) in [6.45, 7) is 11.5. The van der Waals surface area contributed by atoms with Gasteiger partial charge in [0.2, 0.25) is 9.84 Å². The van der Waals surface area contributed by atoms with Crippen LogP contribution >= 0.6 is 23.5 Å². The Hall–Kier alpha value is -1.43. The quantitative estimate of drug-likeness (QED) is 0.611. The second kappa shape index (κ2) is 7.43. The smallest absolute Gasteiger partial charge is 0.206 e. The highest BCUT2D eigenvalue weighted by atomic mass is 32.2. The number of thioether (sulfide) groups is 2. The lowest BCUT2D eigenvalue weighted by Crippen LogP contribution is -2.01. The summed E-state index contributed by atoms with van der Waals surface area (Å²) >= 11 is 3.04. The molecule has 2 nitrogen and oxygen atoms in total. The first-order valence-electron chi connectivity index (χ1n) is 6.91. The van der Waals surface area contributed by atoms with Crippen molar-refractivity contribution in [1.29, 1.82) is 0 Å². The van der Waals surface area contributed by atoms with Crippen LogP contribution < -0.4 is 0 Å². The van der Waals surface area contributed by atoms with E-state index in [9.17, 15) is 8.42 Å². The SMILES string of the molecule is C=C(C)Sc1ccc(S(=O)(=O)c2ccc(SC(=C)C)cc2)cc1. The van der Waals surface area contributed by atoms with E-state index in [2.05, 4.69) is 13.2 Å². The molecule has 0 aliphatic rings. The van der Waals surface area contributed by atoms with Crippen molar-refractivity contribution in [3.05, 3.63) is 71.5 Å². The molecular weight excluding hydrogens is 344 g/mol. The van der Waals surface area contributed by atoms with Crippen LogP contribution in [-0.4, -0.2) is 8.42 Å². The summed E-state index contributed by atoms with van der Waals surface area (Å²) in [5, 5.41) is 0. The normalized spacial score (nSPS) is 11.2. The van der Waals surface area contributed by atoms with Crippen molar-refractivity contribution in [3.8, 4) is 0 Å². The molecule has 0 amide bonds. The molecule has 23 heavy (non-hydrogen) atoms. The average molecular weight is 363 g/mol. The standard InChI is InChI=1S/C18H18O2S3/c1-13(2)21-15-5-9-17(10-6-15)23(19,20)18-11-7-16(8-12-18)22-14(3)4/h5-12H,1,3H2,2,4H3. The molecule has 2 rings (SSSR count). The monoisotopic (exact) mass is 362 g/mol. The van der Waals surface area contributed by atoms with Crippen LogP contribution in [-0.2, 0) is 9.84 Å². The van der Waals surface area contributed by atoms with Crippen LogP contribution in [0.25, 0.3) is 0 Å². The second-order valence-electron chi connectivity index (χ2n) is 5.05. The van der Waals surface area contributed by atoms with Crippen molar-refractivity contribution in [1.82, 2.24) is 0 Å². The zero-order valence-electron chi connectivity index (χ0n) is 13.1. The minimum Gasteiger partial charge on any atom is -0.219 e. The van der Waals surface area contributed by atoms with Gasteiger partial charge in [0.1, 0.15) is 0 Å². The molecule has 0 aliphatic heterocycles. The Morgan fingerprint density at radius 2 is 1.04 bits per heavy atom. The summed E-state index contributed by atoms with van der Waals surface area (Å²) in [6.07, 6.45) is 0. The van der Waals surface area contributed by atoms with E-state index in [1.807, 2.05) is 13.8 Å². The van der Waals surface area contributed by atoms with Gasteiger partial charge >= 0.3 is 0 Å². The minimum atomic E-state index is -3.49. The third kappa shape index (κ3) is 4.77. The van der Waals surface area contributed by atoms with E-state index in [-0.39, 0.29) is 0 Å². The molecule has 0 saturated carbocycles. The molecule has 5 heteroatoms. The third-order valence-corrected chi connectivity index (χ3v) is 6.35. The van der Waals surface area contributed by atoms with Crippen molar-refractivity contribution >= 4 is 33.4 Å². The molecule has 2 aromatic carbocycles. The maximum absolute atomic E-state index is 12.7. The van der Waals surface area contributed by atoms with Crippen LogP contribution in [0.1, 0.15) is 13.8 Å². The fraction of sp³-hybridized carbons (Fsp3) is 0.111. The summed E-state index contributed by atoms with van der Waals surface area (Å²) in [7, 11) is -3.49. The van der Waals surface area contributed by atoms with Gasteiger partial charge in [0.25, 0.3) is 0 Å². The lowest BCUT2D eigenvalue weighted by atomic mass is 10.4. The van der Waals surface area contributed by atoms with Gasteiger partial charge in [-0.25, -0.2) is 8.42 Å². The highest BCUT2D eigenvalue weighted by molar-refractivity contribution is 8.03. The van der Waals surface area contributed by atoms with Crippen molar-refractivity contribution in [2.24, 2.45) is 0 Å². The van der Waals surface area contributed by atoms with Gasteiger partial charge in [-0.05, 0) is 72.2 Å². The van der Waals surface area contributed by atoms with Crippen molar-refractivity contribution in [2.75, 3.05) is 0 Å². The van der Waals surface area contributed by atoms with Gasteiger partial charge in [-0.3, -0.25) is 0 Å². The van der Waals surface area contributed by atoms with Crippen LogP contribution in [0.15, 0.2) is 91.1 Å². The molecule has 0 aliphatic carbocycles. The van der Waals surface area contributed by atoms with E-state index in [4.69, 9.17) is 0 Å². The molecule has 0 saturated heterocycles. The molecular formula is C18H18O2S3. The predicted molar refractivity (Wildman–Crippen MR) is 99.7 cm³/mol. The van der Waals surface area contributed by atoms with Gasteiger partial charge in [0, 0.05) is 9.79 Å². The van der Waals surface area contributed by atoms with E-state index >= 15 is 0 Å². The van der Waals surface area contributed by atoms with Gasteiger partial charge in [-0.1, -0.05) is 36.7 Å². The van der Waals surface area contributed by atoms with Crippen LogP contribution in [0.5, 0.6) is 0 Å². The molecule has 0 unspecified atom stereocenters. The number of hydrogen-bond donors (Lipinski definition) is 0. The molecule has 0 bridgehead atoms.